The number of hydrogen-bond acceptors (Lipinski definition) is 3. The maximum atomic E-state index is 11.2. The highest BCUT2D eigenvalue weighted by molar-refractivity contribution is 6.17. The van der Waals surface area contributed by atoms with E-state index in [0.29, 0.717) is 18.2 Å². The summed E-state index contributed by atoms with van der Waals surface area (Å²) in [5.74, 6) is 0.913. The van der Waals surface area contributed by atoms with Gasteiger partial charge in [-0.2, -0.15) is 0 Å². The molecule has 4 heteroatoms. The number of ether oxygens (including phenoxy) is 2. The molecule has 0 fully saturated rings. The molecule has 0 aliphatic heterocycles. The number of benzene rings is 1. The van der Waals surface area contributed by atoms with Crippen LogP contribution in [0.2, 0.25) is 0 Å². The Kier molecular flexibility index (Phi) is 6.42. The lowest BCUT2D eigenvalue weighted by atomic mass is 10.3. The van der Waals surface area contributed by atoms with Gasteiger partial charge in [0.1, 0.15) is 5.75 Å². The van der Waals surface area contributed by atoms with Crippen LogP contribution in [-0.4, -0.2) is 25.1 Å². The molecule has 1 rings (SSSR count). The van der Waals surface area contributed by atoms with Crippen LogP contribution in [0.1, 0.15) is 12.8 Å². The van der Waals surface area contributed by atoms with Gasteiger partial charge in [0.15, 0.2) is 6.61 Å². The van der Waals surface area contributed by atoms with Crippen LogP contribution in [-0.2, 0) is 9.53 Å². The normalized spacial score (nSPS) is 9.81. The summed E-state index contributed by atoms with van der Waals surface area (Å²) in [7, 11) is 0. The Hall–Kier alpha value is -1.22. The first-order valence-electron chi connectivity index (χ1n) is 5.22. The molecule has 0 aromatic heterocycles. The fraction of sp³-hybridized carbons (Fsp3) is 0.417. The minimum Gasteiger partial charge on any atom is -0.482 e. The largest absolute Gasteiger partial charge is 0.482 e. The van der Waals surface area contributed by atoms with Crippen molar-refractivity contribution in [2.24, 2.45) is 0 Å². The molecule has 0 atom stereocenters. The molecule has 0 amide bonds. The monoisotopic (exact) mass is 242 g/mol. The number of rotatable bonds is 7. The van der Waals surface area contributed by atoms with Crippen LogP contribution < -0.4 is 4.74 Å². The predicted molar refractivity (Wildman–Crippen MR) is 62.9 cm³/mol. The molecule has 0 aliphatic carbocycles. The Bertz CT molecular complexity index is 300. The van der Waals surface area contributed by atoms with Crippen molar-refractivity contribution >= 4 is 17.6 Å². The summed E-state index contributed by atoms with van der Waals surface area (Å²) in [5, 5.41) is 0. The Balaban J connectivity index is 2.11. The molecule has 0 unspecified atom stereocenters. The third-order valence-corrected chi connectivity index (χ3v) is 2.16. The van der Waals surface area contributed by atoms with Crippen molar-refractivity contribution in [2.45, 2.75) is 12.8 Å². The van der Waals surface area contributed by atoms with Crippen LogP contribution >= 0.6 is 11.6 Å². The van der Waals surface area contributed by atoms with Crippen molar-refractivity contribution in [2.75, 3.05) is 19.1 Å². The molecule has 1 aromatic carbocycles. The smallest absolute Gasteiger partial charge is 0.344 e. The molecule has 0 radical (unpaired) electrons. The van der Waals surface area contributed by atoms with E-state index in [-0.39, 0.29) is 12.6 Å². The number of carbonyl (C=O) groups excluding carboxylic acids is 1. The van der Waals surface area contributed by atoms with Crippen molar-refractivity contribution in [1.29, 1.82) is 0 Å². The molecule has 16 heavy (non-hydrogen) atoms. The van der Waals surface area contributed by atoms with E-state index in [1.165, 1.54) is 0 Å². The van der Waals surface area contributed by atoms with E-state index in [2.05, 4.69) is 0 Å². The summed E-state index contributed by atoms with van der Waals surface area (Å²) in [4.78, 5) is 11.2. The summed E-state index contributed by atoms with van der Waals surface area (Å²) < 4.78 is 10.2. The third-order valence-electron chi connectivity index (χ3n) is 1.89. The van der Waals surface area contributed by atoms with Crippen molar-refractivity contribution in [1.82, 2.24) is 0 Å². The van der Waals surface area contributed by atoms with E-state index in [1.807, 2.05) is 18.2 Å². The van der Waals surface area contributed by atoms with Crippen LogP contribution in [0, 0.1) is 0 Å². The van der Waals surface area contributed by atoms with E-state index in [0.717, 1.165) is 12.8 Å². The summed E-state index contributed by atoms with van der Waals surface area (Å²) in [6.45, 7) is 0.356. The second kappa shape index (κ2) is 7.99. The third kappa shape index (κ3) is 5.61. The number of para-hydroxylation sites is 1. The zero-order valence-electron chi connectivity index (χ0n) is 9.02. The van der Waals surface area contributed by atoms with Crippen molar-refractivity contribution in [3.05, 3.63) is 30.3 Å². The molecule has 0 aliphatic rings. The number of alkyl halides is 1. The maximum absolute atomic E-state index is 11.2. The molecule has 0 N–H and O–H groups in total. The Morgan fingerprint density at radius 2 is 1.94 bits per heavy atom. The summed E-state index contributed by atoms with van der Waals surface area (Å²) in [6, 6.07) is 9.17. The van der Waals surface area contributed by atoms with Crippen LogP contribution in [0.15, 0.2) is 30.3 Å². The lowest BCUT2D eigenvalue weighted by Gasteiger charge is -2.06. The molecular formula is C12H15ClO3. The van der Waals surface area contributed by atoms with Crippen LogP contribution in [0.25, 0.3) is 0 Å². The highest BCUT2D eigenvalue weighted by Gasteiger charge is 2.03. The van der Waals surface area contributed by atoms with Gasteiger partial charge in [-0.3, -0.25) is 0 Å². The second-order valence-corrected chi connectivity index (χ2v) is 3.60. The first kappa shape index (κ1) is 12.8. The SMILES string of the molecule is O=C(COc1ccccc1)OCCCCCl. The van der Waals surface area contributed by atoms with E-state index in [9.17, 15) is 4.79 Å². The van der Waals surface area contributed by atoms with Gasteiger partial charge in [0.25, 0.3) is 0 Å². The van der Waals surface area contributed by atoms with E-state index in [1.54, 1.807) is 12.1 Å². The predicted octanol–water partition coefficient (Wildman–Crippen LogP) is 2.63. The standard InChI is InChI=1S/C12H15ClO3/c13-8-4-5-9-15-12(14)10-16-11-6-2-1-3-7-11/h1-3,6-7H,4-5,8-10H2. The molecule has 88 valence electrons. The molecule has 3 nitrogen and oxygen atoms in total. The molecule has 0 heterocycles. The van der Waals surface area contributed by atoms with E-state index in [4.69, 9.17) is 21.1 Å². The Morgan fingerprint density at radius 1 is 1.19 bits per heavy atom. The molecule has 0 saturated carbocycles. The quantitative estimate of drug-likeness (QED) is 0.419. The van der Waals surface area contributed by atoms with E-state index >= 15 is 0 Å². The Morgan fingerprint density at radius 3 is 2.62 bits per heavy atom. The van der Waals surface area contributed by atoms with Crippen molar-refractivity contribution < 1.29 is 14.3 Å². The summed E-state index contributed by atoms with van der Waals surface area (Å²) in [5.41, 5.74) is 0. The van der Waals surface area contributed by atoms with Gasteiger partial charge in [0.2, 0.25) is 0 Å². The highest BCUT2D eigenvalue weighted by Crippen LogP contribution is 2.07. The lowest BCUT2D eigenvalue weighted by molar-refractivity contribution is -0.146. The van der Waals surface area contributed by atoms with Gasteiger partial charge >= 0.3 is 5.97 Å². The second-order valence-electron chi connectivity index (χ2n) is 3.22. The molecule has 1 aromatic rings. The summed E-state index contributed by atoms with van der Waals surface area (Å²) in [6.07, 6.45) is 1.65. The fourth-order valence-electron chi connectivity index (χ4n) is 1.08. The molecule has 0 spiro atoms. The van der Waals surface area contributed by atoms with Gasteiger partial charge in [0.05, 0.1) is 6.61 Å². The van der Waals surface area contributed by atoms with Crippen molar-refractivity contribution in [3.63, 3.8) is 0 Å². The first-order valence-corrected chi connectivity index (χ1v) is 5.76. The van der Waals surface area contributed by atoms with Gasteiger partial charge in [-0.25, -0.2) is 4.79 Å². The van der Waals surface area contributed by atoms with E-state index < -0.39 is 0 Å². The average molecular weight is 243 g/mol. The minimum absolute atomic E-state index is 0.0507. The fourth-order valence-corrected chi connectivity index (χ4v) is 1.27. The van der Waals surface area contributed by atoms with Crippen molar-refractivity contribution in [3.8, 4) is 5.75 Å². The van der Waals surface area contributed by atoms with Crippen LogP contribution in [0.3, 0.4) is 0 Å². The number of halogens is 1. The average Bonchev–Trinajstić information content (AvgIpc) is 2.33. The summed E-state index contributed by atoms with van der Waals surface area (Å²) >= 11 is 5.49. The first-order chi connectivity index (χ1) is 7.83. The van der Waals surface area contributed by atoms with Gasteiger partial charge < -0.3 is 9.47 Å². The zero-order chi connectivity index (χ0) is 11.6. The van der Waals surface area contributed by atoms with Crippen LogP contribution in [0.4, 0.5) is 0 Å². The molecule has 0 saturated heterocycles. The van der Waals surface area contributed by atoms with Crippen LogP contribution in [0.5, 0.6) is 5.75 Å². The number of carbonyl (C=O) groups is 1. The number of hydrogen-bond donors (Lipinski definition) is 0. The highest BCUT2D eigenvalue weighted by atomic mass is 35.5. The number of unbranched alkanes of at least 4 members (excludes halogenated alkanes) is 1. The molecular weight excluding hydrogens is 228 g/mol. The van der Waals surface area contributed by atoms with Gasteiger partial charge in [-0.1, -0.05) is 18.2 Å². The van der Waals surface area contributed by atoms with Gasteiger partial charge in [-0.05, 0) is 25.0 Å². The topological polar surface area (TPSA) is 35.5 Å². The number of esters is 1. The minimum atomic E-state index is -0.349. The zero-order valence-corrected chi connectivity index (χ0v) is 9.78. The molecule has 0 bridgehead atoms. The Labute approximate surface area is 100 Å². The lowest BCUT2D eigenvalue weighted by Crippen LogP contribution is -2.15. The van der Waals surface area contributed by atoms with Gasteiger partial charge in [-0.15, -0.1) is 11.6 Å². The maximum Gasteiger partial charge on any atom is 0.344 e. The van der Waals surface area contributed by atoms with Gasteiger partial charge in [0, 0.05) is 5.88 Å².